The van der Waals surface area contributed by atoms with E-state index in [4.69, 9.17) is 5.26 Å². The number of nitrogens with zero attached hydrogens (tertiary/aromatic N) is 1. The van der Waals surface area contributed by atoms with Crippen molar-refractivity contribution in [3.05, 3.63) is 71.4 Å². The SMILES string of the molecule is CC(=O)c1cccc(NC(=O)/C(C#N)=C\Nc2ccccc2C(F)(F)F)c1. The Balaban J connectivity index is 2.20. The predicted molar refractivity (Wildman–Crippen MR) is 93.8 cm³/mol. The van der Waals surface area contributed by atoms with Crippen LogP contribution in [0.15, 0.2) is 60.3 Å². The minimum Gasteiger partial charge on any atom is -0.360 e. The van der Waals surface area contributed by atoms with E-state index in [9.17, 15) is 22.8 Å². The van der Waals surface area contributed by atoms with E-state index < -0.39 is 23.2 Å². The van der Waals surface area contributed by atoms with Crippen LogP contribution in [-0.4, -0.2) is 11.7 Å². The number of anilines is 2. The molecule has 2 aromatic carbocycles. The van der Waals surface area contributed by atoms with E-state index in [1.807, 2.05) is 0 Å². The normalized spacial score (nSPS) is 11.4. The molecule has 2 rings (SSSR count). The Labute approximate surface area is 153 Å². The molecule has 5 nitrogen and oxygen atoms in total. The first-order valence-corrected chi connectivity index (χ1v) is 7.67. The van der Waals surface area contributed by atoms with E-state index in [0.29, 0.717) is 5.56 Å². The second kappa shape index (κ2) is 8.19. The molecule has 0 bridgehead atoms. The van der Waals surface area contributed by atoms with Gasteiger partial charge in [-0.05, 0) is 31.2 Å². The average Bonchev–Trinajstić information content (AvgIpc) is 2.62. The summed E-state index contributed by atoms with van der Waals surface area (Å²) >= 11 is 0. The third-order valence-corrected chi connectivity index (χ3v) is 3.50. The zero-order chi connectivity index (χ0) is 20.0. The van der Waals surface area contributed by atoms with Crippen LogP contribution in [0, 0.1) is 11.3 Å². The highest BCUT2D eigenvalue weighted by molar-refractivity contribution is 6.07. The van der Waals surface area contributed by atoms with Crippen molar-refractivity contribution in [1.82, 2.24) is 0 Å². The number of alkyl halides is 3. The number of hydrogen-bond acceptors (Lipinski definition) is 4. The lowest BCUT2D eigenvalue weighted by Gasteiger charge is -2.12. The van der Waals surface area contributed by atoms with Gasteiger partial charge in [0.25, 0.3) is 5.91 Å². The first-order chi connectivity index (χ1) is 12.7. The zero-order valence-corrected chi connectivity index (χ0v) is 14.1. The number of nitrogens with one attached hydrogen (secondary N) is 2. The lowest BCUT2D eigenvalue weighted by Crippen LogP contribution is -2.15. The number of para-hydroxylation sites is 1. The smallest absolute Gasteiger partial charge is 0.360 e. The number of ketones is 1. The number of benzene rings is 2. The number of nitriles is 1. The summed E-state index contributed by atoms with van der Waals surface area (Å²) in [5.41, 5.74) is -0.991. The first-order valence-electron chi connectivity index (χ1n) is 7.67. The number of rotatable bonds is 5. The summed E-state index contributed by atoms with van der Waals surface area (Å²) < 4.78 is 38.9. The Kier molecular flexibility index (Phi) is 5.98. The van der Waals surface area contributed by atoms with Gasteiger partial charge >= 0.3 is 6.18 Å². The molecule has 0 aliphatic heterocycles. The summed E-state index contributed by atoms with van der Waals surface area (Å²) in [5, 5.41) is 13.9. The van der Waals surface area contributed by atoms with Gasteiger partial charge in [-0.15, -0.1) is 0 Å². The number of Topliss-reactive ketones (excluding diaryl/α,β-unsaturated/α-hetero) is 1. The second-order valence-corrected chi connectivity index (χ2v) is 5.45. The van der Waals surface area contributed by atoms with Crippen LogP contribution in [0.4, 0.5) is 24.5 Å². The van der Waals surface area contributed by atoms with Crippen molar-refractivity contribution in [2.24, 2.45) is 0 Å². The third-order valence-electron chi connectivity index (χ3n) is 3.50. The number of halogens is 3. The molecule has 0 aliphatic rings. The Morgan fingerprint density at radius 2 is 1.81 bits per heavy atom. The van der Waals surface area contributed by atoms with Crippen molar-refractivity contribution in [2.45, 2.75) is 13.1 Å². The van der Waals surface area contributed by atoms with Crippen LogP contribution in [0.5, 0.6) is 0 Å². The molecule has 2 N–H and O–H groups in total. The quantitative estimate of drug-likeness (QED) is 0.463. The van der Waals surface area contributed by atoms with Crippen molar-refractivity contribution < 1.29 is 22.8 Å². The third kappa shape index (κ3) is 5.19. The monoisotopic (exact) mass is 373 g/mol. The van der Waals surface area contributed by atoms with E-state index in [2.05, 4.69) is 10.6 Å². The highest BCUT2D eigenvalue weighted by atomic mass is 19.4. The van der Waals surface area contributed by atoms with Crippen LogP contribution in [-0.2, 0) is 11.0 Å². The van der Waals surface area contributed by atoms with E-state index in [0.717, 1.165) is 12.3 Å². The molecule has 138 valence electrons. The summed E-state index contributed by atoms with van der Waals surface area (Å²) in [6, 6.07) is 12.4. The lowest BCUT2D eigenvalue weighted by molar-refractivity contribution is -0.136. The van der Waals surface area contributed by atoms with Crippen LogP contribution in [0.2, 0.25) is 0 Å². The number of carbonyl (C=O) groups is 2. The van der Waals surface area contributed by atoms with E-state index in [1.54, 1.807) is 18.2 Å². The maximum absolute atomic E-state index is 13.0. The van der Waals surface area contributed by atoms with Crippen LogP contribution in [0.25, 0.3) is 0 Å². The molecule has 8 heteroatoms. The lowest BCUT2D eigenvalue weighted by atomic mass is 10.1. The maximum Gasteiger partial charge on any atom is 0.418 e. The molecule has 0 heterocycles. The molecular formula is C19H14F3N3O2. The Morgan fingerprint density at radius 3 is 2.44 bits per heavy atom. The van der Waals surface area contributed by atoms with E-state index in [1.165, 1.54) is 37.3 Å². The first kappa shape index (κ1) is 19.7. The summed E-state index contributed by atoms with van der Waals surface area (Å²) in [4.78, 5) is 23.5. The van der Waals surface area contributed by atoms with Gasteiger partial charge < -0.3 is 10.6 Å². The highest BCUT2D eigenvalue weighted by Crippen LogP contribution is 2.34. The molecule has 0 radical (unpaired) electrons. The van der Waals surface area contributed by atoms with Gasteiger partial charge in [-0.25, -0.2) is 0 Å². The van der Waals surface area contributed by atoms with Gasteiger partial charge in [0, 0.05) is 17.5 Å². The van der Waals surface area contributed by atoms with Gasteiger partial charge in [0.15, 0.2) is 5.78 Å². The highest BCUT2D eigenvalue weighted by Gasteiger charge is 2.33. The van der Waals surface area contributed by atoms with Gasteiger partial charge in [0.1, 0.15) is 11.6 Å². The Bertz CT molecular complexity index is 944. The van der Waals surface area contributed by atoms with Gasteiger partial charge in [-0.2, -0.15) is 18.4 Å². The van der Waals surface area contributed by atoms with Crippen LogP contribution in [0.3, 0.4) is 0 Å². The molecule has 2 aromatic rings. The van der Waals surface area contributed by atoms with Crippen molar-refractivity contribution in [1.29, 1.82) is 5.26 Å². The molecule has 1 amide bonds. The topological polar surface area (TPSA) is 82.0 Å². The van der Waals surface area contributed by atoms with Gasteiger partial charge in [-0.3, -0.25) is 9.59 Å². The van der Waals surface area contributed by atoms with Gasteiger partial charge in [-0.1, -0.05) is 24.3 Å². The summed E-state index contributed by atoms with van der Waals surface area (Å²) in [6.07, 6.45) is -3.69. The maximum atomic E-state index is 13.0. The number of carbonyl (C=O) groups excluding carboxylic acids is 2. The van der Waals surface area contributed by atoms with Crippen molar-refractivity contribution >= 4 is 23.1 Å². The van der Waals surface area contributed by atoms with Crippen molar-refractivity contribution in [3.8, 4) is 6.07 Å². The summed E-state index contributed by atoms with van der Waals surface area (Å²) in [7, 11) is 0. The zero-order valence-electron chi connectivity index (χ0n) is 14.1. The van der Waals surface area contributed by atoms with Crippen molar-refractivity contribution in [2.75, 3.05) is 10.6 Å². The molecule has 0 aromatic heterocycles. The molecule has 0 aliphatic carbocycles. The largest absolute Gasteiger partial charge is 0.418 e. The Morgan fingerprint density at radius 1 is 1.11 bits per heavy atom. The Hall–Kier alpha value is -3.60. The van der Waals surface area contributed by atoms with Crippen LogP contribution < -0.4 is 10.6 Å². The molecular weight excluding hydrogens is 359 g/mol. The fourth-order valence-corrected chi connectivity index (χ4v) is 2.17. The van der Waals surface area contributed by atoms with E-state index in [-0.39, 0.29) is 17.2 Å². The molecule has 0 saturated carbocycles. The molecule has 0 atom stereocenters. The van der Waals surface area contributed by atoms with Crippen LogP contribution in [0.1, 0.15) is 22.8 Å². The van der Waals surface area contributed by atoms with Gasteiger partial charge in [0.2, 0.25) is 0 Å². The second-order valence-electron chi connectivity index (χ2n) is 5.45. The number of hydrogen-bond donors (Lipinski definition) is 2. The molecule has 0 spiro atoms. The minimum atomic E-state index is -4.58. The standard InChI is InChI=1S/C19H14F3N3O2/c1-12(26)13-5-4-6-15(9-13)25-18(27)14(10-23)11-24-17-8-3-2-7-16(17)19(20,21)22/h2-9,11,24H,1H3,(H,25,27)/b14-11-. The number of amides is 1. The fraction of sp³-hybridized carbons (Fsp3) is 0.105. The molecule has 0 fully saturated rings. The summed E-state index contributed by atoms with van der Waals surface area (Å²) in [5.74, 6) is -1.03. The molecule has 0 unspecified atom stereocenters. The molecule has 0 saturated heterocycles. The average molecular weight is 373 g/mol. The van der Waals surface area contributed by atoms with Crippen molar-refractivity contribution in [3.63, 3.8) is 0 Å². The fourth-order valence-electron chi connectivity index (χ4n) is 2.17. The molecule has 27 heavy (non-hydrogen) atoms. The summed E-state index contributed by atoms with van der Waals surface area (Å²) in [6.45, 7) is 1.36. The predicted octanol–water partition coefficient (Wildman–Crippen LogP) is 4.37. The minimum absolute atomic E-state index is 0.201. The van der Waals surface area contributed by atoms with Gasteiger partial charge in [0.05, 0.1) is 11.3 Å². The van der Waals surface area contributed by atoms with Crippen LogP contribution >= 0.6 is 0 Å². The van der Waals surface area contributed by atoms with E-state index >= 15 is 0 Å².